The second-order valence-corrected chi connectivity index (χ2v) is 7.53. The fourth-order valence-electron chi connectivity index (χ4n) is 2.72. The first-order valence-electron chi connectivity index (χ1n) is 11.0. The molecular formula is C26H38O4. The molecule has 0 aliphatic heterocycles. The molecule has 0 atom stereocenters. The number of carbonyl (C=O) groups is 1. The Morgan fingerprint density at radius 3 is 2.50 bits per heavy atom. The van der Waals surface area contributed by atoms with E-state index in [9.17, 15) is 4.79 Å². The van der Waals surface area contributed by atoms with Crippen LogP contribution in [0.1, 0.15) is 72.3 Å². The molecule has 30 heavy (non-hydrogen) atoms. The molecular weight excluding hydrogens is 376 g/mol. The summed E-state index contributed by atoms with van der Waals surface area (Å²) in [6, 6.07) is 5.69. The highest BCUT2D eigenvalue weighted by Crippen LogP contribution is 2.29. The van der Waals surface area contributed by atoms with Gasteiger partial charge in [0, 0.05) is 6.08 Å². The van der Waals surface area contributed by atoms with Crippen molar-refractivity contribution >= 4 is 12.0 Å². The number of ether oxygens (including phenoxy) is 3. The molecule has 1 aromatic rings. The molecule has 0 aliphatic carbocycles. The molecule has 0 aromatic heterocycles. The largest absolute Gasteiger partial charge is 0.490 e. The number of hydrogen-bond acceptors (Lipinski definition) is 4. The lowest BCUT2D eigenvalue weighted by molar-refractivity contribution is -0.136. The van der Waals surface area contributed by atoms with Crippen molar-refractivity contribution in [2.24, 2.45) is 0 Å². The van der Waals surface area contributed by atoms with Gasteiger partial charge < -0.3 is 14.2 Å². The SMILES string of the molecule is CCCCCOc1ccc(C=CC(=O)OCC=C(C)CCC=C(C)C)cc1OCC. The lowest BCUT2D eigenvalue weighted by Crippen LogP contribution is -2.02. The Balaban J connectivity index is 2.56. The summed E-state index contributed by atoms with van der Waals surface area (Å²) in [5.41, 5.74) is 3.41. The summed E-state index contributed by atoms with van der Waals surface area (Å²) >= 11 is 0. The molecule has 0 heterocycles. The standard InChI is InChI=1S/C26H38O4/c1-6-8-9-18-29-24-15-13-23(20-25(24)28-7-2)14-16-26(27)30-19-17-22(5)12-10-11-21(3)4/h11,13-17,20H,6-10,12,18-19H2,1-5H3. The van der Waals surface area contributed by atoms with Crippen LogP contribution in [0.2, 0.25) is 0 Å². The minimum atomic E-state index is -0.360. The quantitative estimate of drug-likeness (QED) is 0.144. The van der Waals surface area contributed by atoms with Gasteiger partial charge in [-0.05, 0) is 76.8 Å². The van der Waals surface area contributed by atoms with E-state index < -0.39 is 0 Å². The molecule has 0 bridgehead atoms. The summed E-state index contributed by atoms with van der Waals surface area (Å²) in [6.07, 6.45) is 12.7. The molecule has 0 fully saturated rings. The number of benzene rings is 1. The van der Waals surface area contributed by atoms with E-state index in [-0.39, 0.29) is 5.97 Å². The number of rotatable bonds is 14. The first-order chi connectivity index (χ1) is 14.5. The third-order valence-electron chi connectivity index (χ3n) is 4.43. The van der Waals surface area contributed by atoms with Crippen molar-refractivity contribution in [2.45, 2.75) is 66.7 Å². The van der Waals surface area contributed by atoms with Crippen molar-refractivity contribution in [3.8, 4) is 11.5 Å². The van der Waals surface area contributed by atoms with Gasteiger partial charge in [0.2, 0.25) is 0 Å². The Morgan fingerprint density at radius 2 is 1.80 bits per heavy atom. The van der Waals surface area contributed by atoms with Crippen LogP contribution in [0, 0.1) is 0 Å². The minimum absolute atomic E-state index is 0.290. The molecule has 0 unspecified atom stereocenters. The van der Waals surface area contributed by atoms with Crippen molar-refractivity contribution in [1.29, 1.82) is 0 Å². The zero-order valence-electron chi connectivity index (χ0n) is 19.3. The van der Waals surface area contributed by atoms with E-state index in [1.54, 1.807) is 6.08 Å². The summed E-state index contributed by atoms with van der Waals surface area (Å²) in [7, 11) is 0. The highest BCUT2D eigenvalue weighted by molar-refractivity contribution is 5.87. The Kier molecular flexibility index (Phi) is 13.1. The van der Waals surface area contributed by atoms with E-state index in [1.165, 1.54) is 17.2 Å². The van der Waals surface area contributed by atoms with Gasteiger partial charge in [-0.2, -0.15) is 0 Å². The van der Waals surface area contributed by atoms with Crippen molar-refractivity contribution in [3.63, 3.8) is 0 Å². The Labute approximate surface area is 182 Å². The van der Waals surface area contributed by atoms with Gasteiger partial charge in [-0.25, -0.2) is 4.79 Å². The summed E-state index contributed by atoms with van der Waals surface area (Å²) < 4.78 is 16.8. The topological polar surface area (TPSA) is 44.8 Å². The van der Waals surface area contributed by atoms with Crippen molar-refractivity contribution in [1.82, 2.24) is 0 Å². The zero-order chi connectivity index (χ0) is 22.2. The molecule has 0 spiro atoms. The normalized spacial score (nSPS) is 11.4. The van der Waals surface area contributed by atoms with Crippen LogP contribution in [0.5, 0.6) is 11.5 Å². The lowest BCUT2D eigenvalue weighted by Gasteiger charge is -2.12. The molecule has 166 valence electrons. The number of allylic oxidation sites excluding steroid dienone is 3. The number of carbonyl (C=O) groups excluding carboxylic acids is 1. The maximum atomic E-state index is 12.0. The molecule has 0 radical (unpaired) electrons. The monoisotopic (exact) mass is 414 g/mol. The summed E-state index contributed by atoms with van der Waals surface area (Å²) in [5, 5.41) is 0. The van der Waals surface area contributed by atoms with Gasteiger partial charge >= 0.3 is 5.97 Å². The van der Waals surface area contributed by atoms with E-state index in [2.05, 4.69) is 33.8 Å². The first-order valence-corrected chi connectivity index (χ1v) is 11.0. The van der Waals surface area contributed by atoms with E-state index in [0.29, 0.717) is 25.6 Å². The highest BCUT2D eigenvalue weighted by atomic mass is 16.5. The van der Waals surface area contributed by atoms with Crippen LogP contribution in [0.25, 0.3) is 6.08 Å². The Morgan fingerprint density at radius 1 is 1.00 bits per heavy atom. The highest BCUT2D eigenvalue weighted by Gasteiger charge is 2.06. The minimum Gasteiger partial charge on any atom is -0.490 e. The number of esters is 1. The van der Waals surface area contributed by atoms with Crippen LogP contribution >= 0.6 is 0 Å². The number of hydrogen-bond donors (Lipinski definition) is 0. The fourth-order valence-corrected chi connectivity index (χ4v) is 2.72. The van der Waals surface area contributed by atoms with Gasteiger partial charge in [-0.15, -0.1) is 0 Å². The zero-order valence-corrected chi connectivity index (χ0v) is 19.3. The van der Waals surface area contributed by atoms with Crippen LogP contribution in [-0.2, 0) is 9.53 Å². The molecule has 0 saturated carbocycles. The van der Waals surface area contributed by atoms with Gasteiger partial charge in [0.05, 0.1) is 13.2 Å². The molecule has 0 saturated heterocycles. The van der Waals surface area contributed by atoms with Crippen LogP contribution in [0.4, 0.5) is 0 Å². The smallest absolute Gasteiger partial charge is 0.331 e. The van der Waals surface area contributed by atoms with Crippen molar-refractivity contribution < 1.29 is 19.0 Å². The lowest BCUT2D eigenvalue weighted by atomic mass is 10.1. The van der Waals surface area contributed by atoms with Crippen LogP contribution < -0.4 is 9.47 Å². The third-order valence-corrected chi connectivity index (χ3v) is 4.43. The first kappa shape index (κ1) is 25.5. The van der Waals surface area contributed by atoms with Crippen LogP contribution in [0.15, 0.2) is 47.6 Å². The maximum Gasteiger partial charge on any atom is 0.331 e. The summed E-state index contributed by atoms with van der Waals surface area (Å²) in [4.78, 5) is 12.0. The maximum absolute atomic E-state index is 12.0. The summed E-state index contributed by atoms with van der Waals surface area (Å²) in [5.74, 6) is 1.07. The average Bonchev–Trinajstić information content (AvgIpc) is 2.70. The van der Waals surface area contributed by atoms with Gasteiger partial charge in [0.15, 0.2) is 11.5 Å². The van der Waals surface area contributed by atoms with Gasteiger partial charge in [0.25, 0.3) is 0 Å². The van der Waals surface area contributed by atoms with Gasteiger partial charge in [0.1, 0.15) is 6.61 Å². The van der Waals surface area contributed by atoms with E-state index in [4.69, 9.17) is 14.2 Å². The van der Waals surface area contributed by atoms with Crippen LogP contribution in [0.3, 0.4) is 0 Å². The second kappa shape index (κ2) is 15.4. The van der Waals surface area contributed by atoms with E-state index in [0.717, 1.165) is 43.4 Å². The van der Waals surface area contributed by atoms with Gasteiger partial charge in [-0.3, -0.25) is 0 Å². The molecule has 1 aromatic carbocycles. The van der Waals surface area contributed by atoms with E-state index >= 15 is 0 Å². The van der Waals surface area contributed by atoms with Crippen molar-refractivity contribution in [3.05, 3.63) is 53.1 Å². The molecule has 0 N–H and O–H groups in total. The van der Waals surface area contributed by atoms with Crippen molar-refractivity contribution in [2.75, 3.05) is 19.8 Å². The fraction of sp³-hybridized carbons (Fsp3) is 0.500. The van der Waals surface area contributed by atoms with Gasteiger partial charge in [-0.1, -0.05) is 43.1 Å². The van der Waals surface area contributed by atoms with E-state index in [1.807, 2.05) is 31.2 Å². The van der Waals surface area contributed by atoms with Crippen LogP contribution in [-0.4, -0.2) is 25.8 Å². The average molecular weight is 415 g/mol. The molecule has 4 nitrogen and oxygen atoms in total. The summed E-state index contributed by atoms with van der Waals surface area (Å²) in [6.45, 7) is 11.9. The predicted octanol–water partition coefficient (Wildman–Crippen LogP) is 6.90. The molecule has 4 heteroatoms. The molecule has 0 aliphatic rings. The predicted molar refractivity (Wildman–Crippen MR) is 125 cm³/mol. The number of unbranched alkanes of at least 4 members (excludes halogenated alkanes) is 2. The Hall–Kier alpha value is -2.49. The molecule has 0 amide bonds. The second-order valence-electron chi connectivity index (χ2n) is 7.53. The Bertz CT molecular complexity index is 725. The molecule has 1 rings (SSSR count). The third kappa shape index (κ3) is 11.5.